The topological polar surface area (TPSA) is 90.7 Å². The zero-order valence-corrected chi connectivity index (χ0v) is 14.6. The van der Waals surface area contributed by atoms with Crippen LogP contribution in [0.2, 0.25) is 0 Å². The molecule has 126 valence electrons. The summed E-state index contributed by atoms with van der Waals surface area (Å²) in [7, 11) is 1.37. The van der Waals surface area contributed by atoms with Gasteiger partial charge in [-0.3, -0.25) is 14.9 Å². The number of hydrogen-bond donors (Lipinski definition) is 1. The van der Waals surface area contributed by atoms with E-state index in [4.69, 9.17) is 9.47 Å². The number of nitro groups is 1. The second-order valence-electron chi connectivity index (χ2n) is 4.89. The molecule has 2 aromatic carbocycles. The number of nitrogens with zero attached hydrogens (tertiary/aromatic N) is 1. The van der Waals surface area contributed by atoms with Gasteiger partial charge in [0.2, 0.25) is 0 Å². The van der Waals surface area contributed by atoms with Crippen LogP contribution in [0.25, 0.3) is 0 Å². The summed E-state index contributed by atoms with van der Waals surface area (Å²) in [5, 5.41) is 13.4. The molecule has 0 saturated heterocycles. The molecule has 0 heterocycles. The monoisotopic (exact) mass is 394 g/mol. The number of ether oxygens (including phenoxy) is 2. The molecule has 0 radical (unpaired) electrons. The van der Waals surface area contributed by atoms with Crippen LogP contribution in [0.5, 0.6) is 11.5 Å². The molecule has 0 aromatic heterocycles. The number of benzene rings is 2. The number of non-ortho nitro benzene ring substituents is 1. The highest BCUT2D eigenvalue weighted by Gasteiger charge is 2.13. The highest BCUT2D eigenvalue weighted by atomic mass is 79.9. The maximum absolute atomic E-state index is 12.0. The van der Waals surface area contributed by atoms with E-state index in [0.717, 1.165) is 10.0 Å². The molecular weight excluding hydrogens is 380 g/mol. The molecule has 0 saturated carbocycles. The zero-order chi connectivity index (χ0) is 17.7. The lowest BCUT2D eigenvalue weighted by molar-refractivity contribution is -0.384. The van der Waals surface area contributed by atoms with Crippen molar-refractivity contribution in [2.24, 2.45) is 0 Å². The lowest BCUT2D eigenvalue weighted by Crippen LogP contribution is -2.20. The van der Waals surface area contributed by atoms with Crippen LogP contribution in [0.15, 0.2) is 40.9 Å². The van der Waals surface area contributed by atoms with Gasteiger partial charge in [0.1, 0.15) is 11.5 Å². The van der Waals surface area contributed by atoms with E-state index in [1.54, 1.807) is 6.07 Å². The highest BCUT2D eigenvalue weighted by Crippen LogP contribution is 2.29. The van der Waals surface area contributed by atoms with Gasteiger partial charge in [0, 0.05) is 10.5 Å². The van der Waals surface area contributed by atoms with Crippen molar-refractivity contribution in [1.29, 1.82) is 0 Å². The number of carbonyl (C=O) groups is 1. The molecule has 2 rings (SSSR count). The van der Waals surface area contributed by atoms with Crippen molar-refractivity contribution in [3.05, 3.63) is 56.5 Å². The average Bonchev–Trinajstić information content (AvgIpc) is 2.56. The molecular formula is C16H15BrN2O5. The molecule has 0 fully saturated rings. The van der Waals surface area contributed by atoms with Crippen molar-refractivity contribution in [1.82, 2.24) is 0 Å². The normalized spacial score (nSPS) is 10.1. The third-order valence-corrected chi connectivity index (χ3v) is 4.06. The maximum Gasteiger partial charge on any atom is 0.273 e. The number of carbonyl (C=O) groups excluding carboxylic acids is 1. The Morgan fingerprint density at radius 2 is 2.04 bits per heavy atom. The third kappa shape index (κ3) is 4.45. The van der Waals surface area contributed by atoms with Gasteiger partial charge in [-0.15, -0.1) is 0 Å². The molecule has 0 aliphatic carbocycles. The van der Waals surface area contributed by atoms with Crippen LogP contribution in [0.1, 0.15) is 5.56 Å². The molecule has 24 heavy (non-hydrogen) atoms. The number of hydrogen-bond acceptors (Lipinski definition) is 5. The Morgan fingerprint density at radius 3 is 2.67 bits per heavy atom. The second-order valence-corrected chi connectivity index (χ2v) is 5.74. The van der Waals surface area contributed by atoms with E-state index in [2.05, 4.69) is 21.2 Å². The first-order valence-electron chi connectivity index (χ1n) is 6.92. The summed E-state index contributed by atoms with van der Waals surface area (Å²) >= 11 is 3.39. The molecule has 0 spiro atoms. The Kier molecular flexibility index (Phi) is 5.75. The minimum Gasteiger partial charge on any atom is -0.494 e. The van der Waals surface area contributed by atoms with Crippen LogP contribution in [-0.4, -0.2) is 24.5 Å². The Morgan fingerprint density at radius 1 is 1.29 bits per heavy atom. The molecule has 1 N–H and O–H groups in total. The largest absolute Gasteiger partial charge is 0.494 e. The summed E-state index contributed by atoms with van der Waals surface area (Å²) in [4.78, 5) is 22.2. The average molecular weight is 395 g/mol. The maximum atomic E-state index is 12.0. The van der Waals surface area contributed by atoms with Crippen LogP contribution < -0.4 is 14.8 Å². The summed E-state index contributed by atoms with van der Waals surface area (Å²) in [6, 6.07) is 9.34. The second kappa shape index (κ2) is 7.78. The van der Waals surface area contributed by atoms with Gasteiger partial charge in [0.25, 0.3) is 11.6 Å². The molecule has 0 aliphatic rings. The number of nitrogens with one attached hydrogen (secondary N) is 1. The zero-order valence-electron chi connectivity index (χ0n) is 13.0. The van der Waals surface area contributed by atoms with E-state index in [-0.39, 0.29) is 18.0 Å². The van der Waals surface area contributed by atoms with E-state index in [9.17, 15) is 14.9 Å². The fraction of sp³-hybridized carbons (Fsp3) is 0.188. The van der Waals surface area contributed by atoms with E-state index < -0.39 is 10.8 Å². The lowest BCUT2D eigenvalue weighted by atomic mass is 10.2. The van der Waals surface area contributed by atoms with Gasteiger partial charge >= 0.3 is 0 Å². The van der Waals surface area contributed by atoms with E-state index in [0.29, 0.717) is 11.4 Å². The van der Waals surface area contributed by atoms with Crippen molar-refractivity contribution in [2.45, 2.75) is 6.92 Å². The lowest BCUT2D eigenvalue weighted by Gasteiger charge is -2.11. The minimum absolute atomic E-state index is 0.119. The number of amides is 1. The summed E-state index contributed by atoms with van der Waals surface area (Å²) in [6.45, 7) is 1.72. The molecule has 0 atom stereocenters. The quantitative estimate of drug-likeness (QED) is 0.595. The van der Waals surface area contributed by atoms with Gasteiger partial charge in [-0.05, 0) is 36.8 Å². The molecule has 0 aliphatic heterocycles. The number of nitro benzene ring substituents is 1. The summed E-state index contributed by atoms with van der Waals surface area (Å²) < 4.78 is 11.4. The minimum atomic E-state index is -0.535. The van der Waals surface area contributed by atoms with Crippen LogP contribution in [0, 0.1) is 17.0 Å². The number of rotatable bonds is 6. The molecule has 1 amide bonds. The first kappa shape index (κ1) is 17.7. The number of anilines is 1. The fourth-order valence-corrected chi connectivity index (χ4v) is 2.19. The Hall–Kier alpha value is -2.61. The fourth-order valence-electron chi connectivity index (χ4n) is 1.94. The van der Waals surface area contributed by atoms with Gasteiger partial charge < -0.3 is 14.8 Å². The SMILES string of the molecule is COc1cc([N+](=O)[O-])ccc1NC(=O)COc1ccc(Br)c(C)c1. The van der Waals surface area contributed by atoms with Crippen molar-refractivity contribution < 1.29 is 19.2 Å². The van der Waals surface area contributed by atoms with Crippen LogP contribution in [-0.2, 0) is 4.79 Å². The predicted octanol–water partition coefficient (Wildman–Crippen LogP) is 3.69. The van der Waals surface area contributed by atoms with Gasteiger partial charge in [0.05, 0.1) is 23.8 Å². The van der Waals surface area contributed by atoms with Gasteiger partial charge in [-0.2, -0.15) is 0 Å². The standard InChI is InChI=1S/C16H15BrN2O5/c1-10-7-12(4-5-13(10)17)24-9-16(20)18-14-6-3-11(19(21)22)8-15(14)23-2/h3-8H,9H2,1-2H3,(H,18,20). The van der Waals surface area contributed by atoms with Crippen molar-refractivity contribution in [3.63, 3.8) is 0 Å². The number of aryl methyl sites for hydroxylation is 1. The number of halogens is 1. The van der Waals surface area contributed by atoms with Crippen molar-refractivity contribution in [3.8, 4) is 11.5 Å². The smallest absolute Gasteiger partial charge is 0.273 e. The highest BCUT2D eigenvalue weighted by molar-refractivity contribution is 9.10. The first-order valence-corrected chi connectivity index (χ1v) is 7.71. The Bertz CT molecular complexity index is 779. The predicted molar refractivity (Wildman–Crippen MR) is 92.7 cm³/mol. The van der Waals surface area contributed by atoms with Gasteiger partial charge in [0.15, 0.2) is 6.61 Å². The van der Waals surface area contributed by atoms with Crippen molar-refractivity contribution in [2.75, 3.05) is 19.0 Å². The molecule has 2 aromatic rings. The summed E-state index contributed by atoms with van der Waals surface area (Å²) in [5.41, 5.74) is 1.21. The van der Waals surface area contributed by atoms with E-state index >= 15 is 0 Å². The van der Waals surface area contributed by atoms with Crippen LogP contribution in [0.4, 0.5) is 11.4 Å². The third-order valence-electron chi connectivity index (χ3n) is 3.17. The molecule has 0 unspecified atom stereocenters. The molecule has 0 bridgehead atoms. The van der Waals surface area contributed by atoms with Gasteiger partial charge in [-0.1, -0.05) is 15.9 Å². The van der Waals surface area contributed by atoms with Crippen molar-refractivity contribution >= 4 is 33.2 Å². The first-order chi connectivity index (χ1) is 11.4. The van der Waals surface area contributed by atoms with E-state index in [1.165, 1.54) is 25.3 Å². The van der Waals surface area contributed by atoms with Crippen LogP contribution in [0.3, 0.4) is 0 Å². The number of methoxy groups -OCH3 is 1. The summed E-state index contributed by atoms with van der Waals surface area (Å²) in [6.07, 6.45) is 0. The van der Waals surface area contributed by atoms with Gasteiger partial charge in [-0.25, -0.2) is 0 Å². The Balaban J connectivity index is 2.01. The summed E-state index contributed by atoms with van der Waals surface area (Å²) in [5.74, 6) is 0.376. The van der Waals surface area contributed by atoms with E-state index in [1.807, 2.05) is 19.1 Å². The molecule has 8 heteroatoms. The Labute approximate surface area is 146 Å². The molecule has 7 nitrogen and oxygen atoms in total. The van der Waals surface area contributed by atoms with Crippen LogP contribution >= 0.6 is 15.9 Å².